The van der Waals surface area contributed by atoms with Crippen LogP contribution in [0.3, 0.4) is 0 Å². The Kier molecular flexibility index (Phi) is 4.17. The molecule has 0 atom stereocenters. The molecule has 0 aliphatic heterocycles. The molecule has 1 aromatic carbocycles. The summed E-state index contributed by atoms with van der Waals surface area (Å²) in [4.78, 5) is 0. The van der Waals surface area contributed by atoms with Gasteiger partial charge >= 0.3 is 0 Å². The maximum atomic E-state index is 3.63. The van der Waals surface area contributed by atoms with Gasteiger partial charge in [0, 0.05) is 12.6 Å². The van der Waals surface area contributed by atoms with E-state index in [1.807, 2.05) is 0 Å². The van der Waals surface area contributed by atoms with Gasteiger partial charge in [-0.05, 0) is 25.3 Å². The molecular weight excluding hydrogens is 194 g/mol. The maximum Gasteiger partial charge on any atom is 0.0167 e. The second-order valence-electron chi connectivity index (χ2n) is 4.76. The Balaban J connectivity index is 1.82. The van der Waals surface area contributed by atoms with Crippen LogP contribution in [-0.4, -0.2) is 12.6 Å². The molecule has 0 bridgehead atoms. The lowest BCUT2D eigenvalue weighted by molar-refractivity contribution is 0.550. The van der Waals surface area contributed by atoms with Crippen LogP contribution in [0, 0.1) is 0 Å². The predicted octanol–water partition coefficient (Wildman–Crippen LogP) is 3.62. The lowest BCUT2D eigenvalue weighted by Crippen LogP contribution is -2.27. The second kappa shape index (κ2) is 5.86. The van der Waals surface area contributed by atoms with E-state index in [2.05, 4.69) is 48.6 Å². The smallest absolute Gasteiger partial charge is 0.0167 e. The van der Waals surface area contributed by atoms with Crippen molar-refractivity contribution in [1.29, 1.82) is 0 Å². The van der Waals surface area contributed by atoms with E-state index in [9.17, 15) is 0 Å². The normalized spacial score (nSPS) is 17.9. The van der Waals surface area contributed by atoms with Gasteiger partial charge in [-0.1, -0.05) is 54.8 Å². The van der Waals surface area contributed by atoms with Crippen molar-refractivity contribution >= 4 is 6.08 Å². The Labute approximate surface area is 98.6 Å². The van der Waals surface area contributed by atoms with E-state index >= 15 is 0 Å². The van der Waals surface area contributed by atoms with Crippen LogP contribution in [0.1, 0.15) is 38.2 Å². The average molecular weight is 215 g/mol. The number of rotatable bonds is 4. The van der Waals surface area contributed by atoms with E-state index in [4.69, 9.17) is 0 Å². The molecule has 1 fully saturated rings. The summed E-state index contributed by atoms with van der Waals surface area (Å²) >= 11 is 0. The first kappa shape index (κ1) is 11.4. The van der Waals surface area contributed by atoms with Crippen molar-refractivity contribution in [3.8, 4) is 0 Å². The standard InChI is InChI=1S/C15H21N/c1-13(11-14-7-3-2-4-8-14)12-16-15-9-5-6-10-15/h2-4,7-8,11,15-16H,5-6,9-10,12H2,1H3/b13-11+. The molecule has 0 unspecified atom stereocenters. The molecule has 16 heavy (non-hydrogen) atoms. The molecule has 1 saturated carbocycles. The number of hydrogen-bond donors (Lipinski definition) is 1. The van der Waals surface area contributed by atoms with Crippen LogP contribution in [0.25, 0.3) is 6.08 Å². The summed E-state index contributed by atoms with van der Waals surface area (Å²) in [6.07, 6.45) is 7.79. The van der Waals surface area contributed by atoms with Crippen LogP contribution in [-0.2, 0) is 0 Å². The van der Waals surface area contributed by atoms with E-state index in [-0.39, 0.29) is 0 Å². The summed E-state index contributed by atoms with van der Waals surface area (Å²) < 4.78 is 0. The minimum atomic E-state index is 0.763. The summed E-state index contributed by atoms with van der Waals surface area (Å²) in [7, 11) is 0. The molecular formula is C15H21N. The van der Waals surface area contributed by atoms with Crippen LogP contribution < -0.4 is 5.32 Å². The fourth-order valence-corrected chi connectivity index (χ4v) is 2.32. The van der Waals surface area contributed by atoms with Crippen molar-refractivity contribution in [2.75, 3.05) is 6.54 Å². The first-order chi connectivity index (χ1) is 7.84. The first-order valence-corrected chi connectivity index (χ1v) is 6.30. The average Bonchev–Trinajstić information content (AvgIpc) is 2.81. The highest BCUT2D eigenvalue weighted by Gasteiger charge is 2.13. The van der Waals surface area contributed by atoms with Gasteiger partial charge in [-0.15, -0.1) is 0 Å². The van der Waals surface area contributed by atoms with Crippen molar-refractivity contribution in [2.45, 2.75) is 38.6 Å². The van der Waals surface area contributed by atoms with E-state index in [1.165, 1.54) is 36.8 Å². The summed E-state index contributed by atoms with van der Waals surface area (Å²) in [5.41, 5.74) is 2.71. The van der Waals surface area contributed by atoms with Gasteiger partial charge in [0.05, 0.1) is 0 Å². The second-order valence-corrected chi connectivity index (χ2v) is 4.76. The summed E-state index contributed by atoms with van der Waals surface area (Å²) in [6.45, 7) is 3.23. The minimum Gasteiger partial charge on any atom is -0.310 e. The molecule has 0 amide bonds. The predicted molar refractivity (Wildman–Crippen MR) is 70.4 cm³/mol. The topological polar surface area (TPSA) is 12.0 Å². The third-order valence-corrected chi connectivity index (χ3v) is 3.24. The molecule has 0 aromatic heterocycles. The van der Waals surface area contributed by atoms with Crippen molar-refractivity contribution in [1.82, 2.24) is 5.32 Å². The molecule has 2 rings (SSSR count). The quantitative estimate of drug-likeness (QED) is 0.809. The van der Waals surface area contributed by atoms with E-state index in [1.54, 1.807) is 0 Å². The van der Waals surface area contributed by atoms with Crippen LogP contribution in [0.15, 0.2) is 35.9 Å². The zero-order chi connectivity index (χ0) is 11.2. The van der Waals surface area contributed by atoms with E-state index in [0.29, 0.717) is 0 Å². The Morgan fingerprint density at radius 1 is 1.25 bits per heavy atom. The Hall–Kier alpha value is -1.08. The molecule has 1 heteroatoms. The number of nitrogens with one attached hydrogen (secondary N) is 1. The highest BCUT2D eigenvalue weighted by molar-refractivity contribution is 5.52. The zero-order valence-corrected chi connectivity index (χ0v) is 10.1. The van der Waals surface area contributed by atoms with E-state index in [0.717, 1.165) is 12.6 Å². The molecule has 0 saturated heterocycles. The molecule has 1 aliphatic carbocycles. The highest BCUT2D eigenvalue weighted by atomic mass is 14.9. The largest absolute Gasteiger partial charge is 0.310 e. The number of hydrogen-bond acceptors (Lipinski definition) is 1. The first-order valence-electron chi connectivity index (χ1n) is 6.30. The summed E-state index contributed by atoms with van der Waals surface area (Å²) in [6, 6.07) is 11.3. The van der Waals surface area contributed by atoms with Gasteiger partial charge in [0.2, 0.25) is 0 Å². The summed E-state index contributed by atoms with van der Waals surface area (Å²) in [5, 5.41) is 3.63. The molecule has 1 aromatic rings. The van der Waals surface area contributed by atoms with Gasteiger partial charge in [-0.2, -0.15) is 0 Å². The lowest BCUT2D eigenvalue weighted by Gasteiger charge is -2.11. The fraction of sp³-hybridized carbons (Fsp3) is 0.467. The van der Waals surface area contributed by atoms with Gasteiger partial charge in [0.25, 0.3) is 0 Å². The molecule has 86 valence electrons. The van der Waals surface area contributed by atoms with Crippen LogP contribution in [0.4, 0.5) is 0 Å². The third-order valence-electron chi connectivity index (χ3n) is 3.24. The van der Waals surface area contributed by atoms with Crippen LogP contribution in [0.5, 0.6) is 0 Å². The van der Waals surface area contributed by atoms with E-state index < -0.39 is 0 Å². The molecule has 1 N–H and O–H groups in total. The highest BCUT2D eigenvalue weighted by Crippen LogP contribution is 2.17. The van der Waals surface area contributed by atoms with Crippen LogP contribution in [0.2, 0.25) is 0 Å². The zero-order valence-electron chi connectivity index (χ0n) is 10.1. The monoisotopic (exact) mass is 215 g/mol. The molecule has 0 radical (unpaired) electrons. The number of benzene rings is 1. The SMILES string of the molecule is C/C(=C\c1ccccc1)CNC1CCCC1. The lowest BCUT2D eigenvalue weighted by atomic mass is 10.1. The maximum absolute atomic E-state index is 3.63. The fourth-order valence-electron chi connectivity index (χ4n) is 2.32. The third kappa shape index (κ3) is 3.49. The van der Waals surface area contributed by atoms with Crippen LogP contribution >= 0.6 is 0 Å². The Morgan fingerprint density at radius 2 is 1.94 bits per heavy atom. The van der Waals surface area contributed by atoms with Crippen molar-refractivity contribution in [3.63, 3.8) is 0 Å². The Bertz CT molecular complexity index is 334. The van der Waals surface area contributed by atoms with Crippen molar-refractivity contribution < 1.29 is 0 Å². The van der Waals surface area contributed by atoms with Crippen molar-refractivity contribution in [2.24, 2.45) is 0 Å². The summed E-state index contributed by atoms with van der Waals surface area (Å²) in [5.74, 6) is 0. The van der Waals surface area contributed by atoms with Gasteiger partial charge < -0.3 is 5.32 Å². The molecule has 1 aliphatic rings. The molecule has 1 nitrogen and oxygen atoms in total. The Morgan fingerprint density at radius 3 is 2.62 bits per heavy atom. The van der Waals surface area contributed by atoms with Crippen molar-refractivity contribution in [3.05, 3.63) is 41.5 Å². The molecule has 0 heterocycles. The van der Waals surface area contributed by atoms with Gasteiger partial charge in [0.1, 0.15) is 0 Å². The van der Waals surface area contributed by atoms with Gasteiger partial charge in [0.15, 0.2) is 0 Å². The van der Waals surface area contributed by atoms with Gasteiger partial charge in [-0.25, -0.2) is 0 Å². The van der Waals surface area contributed by atoms with Gasteiger partial charge in [-0.3, -0.25) is 0 Å². The molecule has 0 spiro atoms. The minimum absolute atomic E-state index is 0.763.